The minimum absolute atomic E-state index is 0.0327. The van der Waals surface area contributed by atoms with Crippen molar-refractivity contribution in [2.45, 2.75) is 39.2 Å². The summed E-state index contributed by atoms with van der Waals surface area (Å²) in [6, 6.07) is 9.55. The van der Waals surface area contributed by atoms with E-state index in [2.05, 4.69) is 9.71 Å². The molecule has 1 aromatic heterocycles. The minimum atomic E-state index is -3.71. The zero-order valence-corrected chi connectivity index (χ0v) is 18.7. The number of hydrogen-bond donors (Lipinski definition) is 1. The van der Waals surface area contributed by atoms with Crippen LogP contribution < -0.4 is 5.32 Å². The molecular formula is C22H25N3O3S2. The quantitative estimate of drug-likeness (QED) is 0.786. The van der Waals surface area contributed by atoms with Crippen molar-refractivity contribution in [1.29, 1.82) is 0 Å². The second-order valence-corrected chi connectivity index (χ2v) is 10.2. The number of piperidine rings is 1. The van der Waals surface area contributed by atoms with Gasteiger partial charge in [-0.05, 0) is 54.6 Å². The number of likely N-dealkylation sites (tertiary alicyclic amines) is 1. The van der Waals surface area contributed by atoms with E-state index in [0.29, 0.717) is 41.4 Å². The highest BCUT2D eigenvalue weighted by atomic mass is 32.2. The molecule has 2 aliphatic rings. The van der Waals surface area contributed by atoms with E-state index < -0.39 is 10.0 Å². The first-order valence-corrected chi connectivity index (χ1v) is 12.4. The fourth-order valence-electron chi connectivity index (χ4n) is 3.98. The average Bonchev–Trinajstić information content (AvgIpc) is 3.29. The van der Waals surface area contributed by atoms with E-state index in [0.717, 1.165) is 24.0 Å². The average molecular weight is 444 g/mol. The molecule has 8 heteroatoms. The second kappa shape index (κ2) is 8.35. The van der Waals surface area contributed by atoms with Crippen LogP contribution in [0, 0.1) is 6.92 Å². The Morgan fingerprint density at radius 3 is 2.50 bits per heavy atom. The fourth-order valence-corrected chi connectivity index (χ4v) is 6.13. The number of aryl methyl sites for hydroxylation is 1. The van der Waals surface area contributed by atoms with Crippen LogP contribution in [-0.2, 0) is 21.2 Å². The summed E-state index contributed by atoms with van der Waals surface area (Å²) >= 11 is 1.59. The molecule has 4 rings (SSSR count). The van der Waals surface area contributed by atoms with Crippen LogP contribution >= 0.6 is 11.3 Å². The third kappa shape index (κ3) is 4.34. The van der Waals surface area contributed by atoms with Crippen molar-refractivity contribution in [3.63, 3.8) is 0 Å². The van der Waals surface area contributed by atoms with Crippen molar-refractivity contribution in [2.24, 2.45) is 4.40 Å². The Hall–Kier alpha value is -2.45. The fraction of sp³-hybridized carbons (Fsp3) is 0.364. The predicted molar refractivity (Wildman–Crippen MR) is 121 cm³/mol. The third-order valence-corrected chi connectivity index (χ3v) is 7.76. The molecule has 30 heavy (non-hydrogen) atoms. The van der Waals surface area contributed by atoms with Gasteiger partial charge in [0.15, 0.2) is 0 Å². The van der Waals surface area contributed by atoms with Gasteiger partial charge in [0.1, 0.15) is 10.7 Å². The van der Waals surface area contributed by atoms with Crippen LogP contribution in [-0.4, -0.2) is 44.2 Å². The highest BCUT2D eigenvalue weighted by molar-refractivity contribution is 8.00. The number of hydrogen-bond acceptors (Lipinski definition) is 5. The predicted octanol–water partition coefficient (Wildman–Crippen LogP) is 3.35. The van der Waals surface area contributed by atoms with Gasteiger partial charge in [0.25, 0.3) is 10.0 Å². The topological polar surface area (TPSA) is 78.8 Å². The van der Waals surface area contributed by atoms with Crippen LogP contribution in [0.5, 0.6) is 0 Å². The first kappa shape index (κ1) is 20.8. The molecule has 3 heterocycles. The lowest BCUT2D eigenvalue weighted by atomic mass is 10.0. The van der Waals surface area contributed by atoms with Crippen LogP contribution in [0.4, 0.5) is 0 Å². The number of carbonyl (C=O) groups is 1. The van der Waals surface area contributed by atoms with Crippen LogP contribution in [0.25, 0.3) is 4.91 Å². The van der Waals surface area contributed by atoms with Gasteiger partial charge in [-0.1, -0.05) is 29.8 Å². The van der Waals surface area contributed by atoms with Gasteiger partial charge in [0.2, 0.25) is 5.91 Å². The molecule has 2 aliphatic heterocycles. The molecule has 0 aliphatic carbocycles. The molecule has 1 N–H and O–H groups in total. The highest BCUT2D eigenvalue weighted by Gasteiger charge is 2.34. The molecule has 0 unspecified atom stereocenters. The number of thiophene rings is 1. The van der Waals surface area contributed by atoms with E-state index in [1.54, 1.807) is 11.3 Å². The zero-order chi connectivity index (χ0) is 21.3. The number of carbonyl (C=O) groups excluding carboxylic acids is 1. The van der Waals surface area contributed by atoms with Gasteiger partial charge >= 0.3 is 0 Å². The molecule has 0 atom stereocenters. The summed E-state index contributed by atoms with van der Waals surface area (Å²) in [6.07, 6.45) is 1.93. The van der Waals surface area contributed by atoms with E-state index >= 15 is 0 Å². The van der Waals surface area contributed by atoms with E-state index in [4.69, 9.17) is 0 Å². The van der Waals surface area contributed by atoms with Gasteiger partial charge in [0, 0.05) is 24.7 Å². The van der Waals surface area contributed by atoms with Crippen molar-refractivity contribution in [3.8, 4) is 0 Å². The normalized spacial score (nSPS) is 19.1. The Morgan fingerprint density at radius 2 is 1.87 bits per heavy atom. The van der Waals surface area contributed by atoms with E-state index in [1.807, 2.05) is 59.8 Å². The molecule has 1 fully saturated rings. The Kier molecular flexibility index (Phi) is 5.79. The maximum absolute atomic E-state index is 12.7. The Morgan fingerprint density at radius 1 is 1.17 bits per heavy atom. The van der Waals surface area contributed by atoms with Crippen LogP contribution in [0.3, 0.4) is 0 Å². The summed E-state index contributed by atoms with van der Waals surface area (Å²) in [5.74, 6) is 0.569. The first-order valence-electron chi connectivity index (χ1n) is 10.0. The first-order chi connectivity index (χ1) is 14.3. The van der Waals surface area contributed by atoms with Gasteiger partial charge in [-0.2, -0.15) is 19.8 Å². The Labute approximate surface area is 181 Å². The molecule has 6 nitrogen and oxygen atoms in total. The monoisotopic (exact) mass is 443 g/mol. The maximum Gasteiger partial charge on any atom is 0.285 e. The Balaban J connectivity index is 1.42. The smallest absolute Gasteiger partial charge is 0.285 e. The molecule has 1 amide bonds. The van der Waals surface area contributed by atoms with Crippen molar-refractivity contribution in [3.05, 3.63) is 63.4 Å². The molecule has 2 aromatic rings. The van der Waals surface area contributed by atoms with Gasteiger partial charge in [-0.15, -0.1) is 4.40 Å². The molecule has 0 bridgehead atoms. The van der Waals surface area contributed by atoms with Crippen molar-refractivity contribution >= 4 is 38.0 Å². The number of amidine groups is 1. The lowest BCUT2D eigenvalue weighted by molar-refractivity contribution is -0.121. The summed E-state index contributed by atoms with van der Waals surface area (Å²) in [6.45, 7) is 5.12. The lowest BCUT2D eigenvalue weighted by Gasteiger charge is -2.33. The zero-order valence-electron chi connectivity index (χ0n) is 17.1. The molecule has 0 spiro atoms. The Bertz CT molecular complexity index is 1090. The number of amides is 1. The maximum atomic E-state index is 12.7. The largest absolute Gasteiger partial charge is 0.356 e. The van der Waals surface area contributed by atoms with Crippen molar-refractivity contribution < 1.29 is 13.2 Å². The summed E-state index contributed by atoms with van der Waals surface area (Å²) in [7, 11) is -3.71. The standard InChI is InChI=1S/C22H25N3O3S2/c1-15-3-5-18(6-4-15)21-16(2)22(24-30(21,27)28)25-10-7-19(8-11-25)23-20(26)13-17-9-12-29-14-17/h3-6,9,12,14,19H,7-8,10-11,13H2,1-2H3,(H,23,26). The molecule has 1 saturated heterocycles. The number of nitrogens with one attached hydrogen (secondary N) is 1. The SMILES string of the molecule is CC1=C(c2ccc(C)cc2)S(=O)(=O)N=C1N1CCC(NC(=O)Cc2ccsc2)CC1. The molecule has 158 valence electrons. The molecule has 1 aromatic carbocycles. The van der Waals surface area contributed by atoms with Gasteiger partial charge < -0.3 is 10.2 Å². The van der Waals surface area contributed by atoms with Crippen molar-refractivity contribution in [2.75, 3.05) is 13.1 Å². The van der Waals surface area contributed by atoms with Gasteiger partial charge in [-0.3, -0.25) is 4.79 Å². The van der Waals surface area contributed by atoms with Crippen LogP contribution in [0.15, 0.2) is 51.1 Å². The van der Waals surface area contributed by atoms with Gasteiger partial charge in [0.05, 0.1) is 6.42 Å². The summed E-state index contributed by atoms with van der Waals surface area (Å²) in [5.41, 5.74) is 3.48. The molecule has 0 radical (unpaired) electrons. The number of sulfonamides is 1. The van der Waals surface area contributed by atoms with Crippen LogP contribution in [0.2, 0.25) is 0 Å². The summed E-state index contributed by atoms with van der Waals surface area (Å²) in [4.78, 5) is 14.6. The van der Waals surface area contributed by atoms with Gasteiger partial charge in [-0.25, -0.2) is 0 Å². The lowest BCUT2D eigenvalue weighted by Crippen LogP contribution is -2.46. The van der Waals surface area contributed by atoms with E-state index in [9.17, 15) is 13.2 Å². The van der Waals surface area contributed by atoms with Crippen molar-refractivity contribution in [1.82, 2.24) is 10.2 Å². The van der Waals surface area contributed by atoms with E-state index in [1.165, 1.54) is 0 Å². The third-order valence-electron chi connectivity index (χ3n) is 5.56. The minimum Gasteiger partial charge on any atom is -0.356 e. The number of rotatable bonds is 4. The second-order valence-electron chi connectivity index (χ2n) is 7.85. The van der Waals surface area contributed by atoms with Crippen LogP contribution in [0.1, 0.15) is 36.5 Å². The number of benzene rings is 1. The highest BCUT2D eigenvalue weighted by Crippen LogP contribution is 2.34. The summed E-state index contributed by atoms with van der Waals surface area (Å²) in [5, 5.41) is 7.06. The molecular weight excluding hydrogens is 418 g/mol. The number of nitrogens with zero attached hydrogens (tertiary/aromatic N) is 2. The summed E-state index contributed by atoms with van der Waals surface area (Å²) < 4.78 is 29.6. The molecule has 0 saturated carbocycles. The van der Waals surface area contributed by atoms with E-state index in [-0.39, 0.29) is 11.9 Å².